The van der Waals surface area contributed by atoms with Gasteiger partial charge in [0.25, 0.3) is 5.91 Å². The fraction of sp³-hybridized carbons (Fsp3) is 0.250. The lowest BCUT2D eigenvalue weighted by Gasteiger charge is -2.27. The van der Waals surface area contributed by atoms with Crippen molar-refractivity contribution in [1.29, 1.82) is 0 Å². The van der Waals surface area contributed by atoms with E-state index >= 15 is 0 Å². The van der Waals surface area contributed by atoms with Gasteiger partial charge < -0.3 is 4.90 Å². The minimum Gasteiger partial charge on any atom is -0.348 e. The molecule has 0 aliphatic carbocycles. The third kappa shape index (κ3) is 3.36. The first-order valence-corrected chi connectivity index (χ1v) is 9.54. The van der Waals surface area contributed by atoms with E-state index in [0.717, 1.165) is 17.7 Å². The van der Waals surface area contributed by atoms with Gasteiger partial charge in [-0.25, -0.2) is 0 Å². The SMILES string of the molecule is CCN1C(=O)C(=C=CC(C)=C2C=CN(CC)c3ccccc32)SC1=S. The second-order valence-corrected chi connectivity index (χ2v) is 7.39. The minimum atomic E-state index is -0.0525. The first-order chi connectivity index (χ1) is 12.1. The summed E-state index contributed by atoms with van der Waals surface area (Å²) in [5.41, 5.74) is 7.77. The fourth-order valence-corrected chi connectivity index (χ4v) is 4.19. The number of amides is 1. The molecule has 1 aromatic rings. The smallest absolute Gasteiger partial charge is 0.274 e. The zero-order chi connectivity index (χ0) is 18.0. The first-order valence-electron chi connectivity index (χ1n) is 8.32. The largest absolute Gasteiger partial charge is 0.348 e. The van der Waals surface area contributed by atoms with Gasteiger partial charge in [-0.3, -0.25) is 9.69 Å². The third-order valence-corrected chi connectivity index (χ3v) is 5.64. The van der Waals surface area contributed by atoms with E-state index in [4.69, 9.17) is 12.2 Å². The maximum absolute atomic E-state index is 12.3. The van der Waals surface area contributed by atoms with Crippen molar-refractivity contribution >= 4 is 45.5 Å². The maximum Gasteiger partial charge on any atom is 0.274 e. The highest BCUT2D eigenvalue weighted by Gasteiger charge is 2.30. The Balaban J connectivity index is 2.00. The van der Waals surface area contributed by atoms with Crippen molar-refractivity contribution in [1.82, 2.24) is 4.90 Å². The number of hydrogen-bond donors (Lipinski definition) is 0. The second-order valence-electron chi connectivity index (χ2n) is 5.75. The van der Waals surface area contributed by atoms with Gasteiger partial charge in [0.15, 0.2) is 0 Å². The molecular weight excluding hydrogens is 348 g/mol. The Hall–Kier alpha value is -2.07. The number of rotatable bonds is 3. The molecule has 3 nitrogen and oxygen atoms in total. The zero-order valence-corrected chi connectivity index (χ0v) is 16.2. The highest BCUT2D eigenvalue weighted by Crippen LogP contribution is 2.35. The molecule has 0 atom stereocenters. The van der Waals surface area contributed by atoms with E-state index in [-0.39, 0.29) is 5.91 Å². The van der Waals surface area contributed by atoms with E-state index in [2.05, 4.69) is 54.1 Å². The summed E-state index contributed by atoms with van der Waals surface area (Å²) < 4.78 is 0.607. The third-order valence-electron chi connectivity index (χ3n) is 4.28. The molecule has 1 saturated heterocycles. The number of anilines is 1. The number of allylic oxidation sites excluding steroid dienone is 3. The number of hydrogen-bond acceptors (Lipinski definition) is 4. The van der Waals surface area contributed by atoms with Gasteiger partial charge in [-0.05, 0) is 61.9 Å². The normalized spacial score (nSPS) is 18.4. The molecule has 2 aliphatic heterocycles. The quantitative estimate of drug-likeness (QED) is 0.437. The van der Waals surface area contributed by atoms with Crippen LogP contribution in [0.5, 0.6) is 0 Å². The molecule has 5 heteroatoms. The topological polar surface area (TPSA) is 23.6 Å². The molecule has 128 valence electrons. The summed E-state index contributed by atoms with van der Waals surface area (Å²) in [5.74, 6) is -0.0525. The minimum absolute atomic E-state index is 0.0525. The van der Waals surface area contributed by atoms with E-state index < -0.39 is 0 Å². The standard InChI is InChI=1S/C20H20N2OS2/c1-4-21-13-12-15(16-8-6-7-9-17(16)21)14(3)10-11-18-19(23)22(5-2)20(24)25-18/h6-10,12-13H,4-5H2,1-3H3. The molecule has 0 radical (unpaired) electrons. The number of likely N-dealkylation sites (N-methyl/N-ethyl adjacent to an activating group) is 1. The first kappa shape index (κ1) is 17.7. The van der Waals surface area contributed by atoms with Crippen LogP contribution in [0.4, 0.5) is 5.69 Å². The van der Waals surface area contributed by atoms with Gasteiger partial charge in [-0.15, -0.1) is 0 Å². The summed E-state index contributed by atoms with van der Waals surface area (Å²) in [6.45, 7) is 7.63. The van der Waals surface area contributed by atoms with Crippen molar-refractivity contribution in [3.05, 3.63) is 64.4 Å². The predicted octanol–water partition coefficient (Wildman–Crippen LogP) is 4.73. The lowest BCUT2D eigenvalue weighted by Crippen LogP contribution is -2.27. The van der Waals surface area contributed by atoms with Crippen molar-refractivity contribution in [3.8, 4) is 0 Å². The van der Waals surface area contributed by atoms with E-state index in [1.165, 1.54) is 23.0 Å². The molecule has 2 heterocycles. The Bertz CT molecular complexity index is 860. The number of benzene rings is 1. The zero-order valence-electron chi connectivity index (χ0n) is 14.6. The molecule has 0 aromatic heterocycles. The molecular formula is C20H20N2OS2. The molecule has 3 rings (SSSR count). The predicted molar refractivity (Wildman–Crippen MR) is 110 cm³/mol. The van der Waals surface area contributed by atoms with Crippen molar-refractivity contribution in [3.63, 3.8) is 0 Å². The molecule has 25 heavy (non-hydrogen) atoms. The Morgan fingerprint density at radius 1 is 1.28 bits per heavy atom. The van der Waals surface area contributed by atoms with E-state index in [1.807, 2.05) is 19.9 Å². The molecule has 0 N–H and O–H groups in total. The van der Waals surface area contributed by atoms with Crippen LogP contribution >= 0.6 is 24.0 Å². The number of carbonyl (C=O) groups is 1. The summed E-state index contributed by atoms with van der Waals surface area (Å²) in [6, 6.07) is 8.37. The van der Waals surface area contributed by atoms with Crippen molar-refractivity contribution < 1.29 is 4.79 Å². The second kappa shape index (κ2) is 7.44. The number of para-hydroxylation sites is 1. The Kier molecular flexibility index (Phi) is 5.28. The van der Waals surface area contributed by atoms with Crippen LogP contribution in [0.25, 0.3) is 5.57 Å². The van der Waals surface area contributed by atoms with Gasteiger partial charge in [0, 0.05) is 30.5 Å². The average Bonchev–Trinajstić information content (AvgIpc) is 2.91. The fourth-order valence-electron chi connectivity index (χ4n) is 2.91. The van der Waals surface area contributed by atoms with Crippen molar-refractivity contribution in [2.75, 3.05) is 18.0 Å². The van der Waals surface area contributed by atoms with Gasteiger partial charge in [0.1, 0.15) is 9.23 Å². The van der Waals surface area contributed by atoms with Crippen LogP contribution in [0.2, 0.25) is 0 Å². The molecule has 0 bridgehead atoms. The average molecular weight is 369 g/mol. The summed E-state index contributed by atoms with van der Waals surface area (Å²) in [4.78, 5) is 16.7. The van der Waals surface area contributed by atoms with Crippen LogP contribution in [0.15, 0.2) is 58.8 Å². The van der Waals surface area contributed by atoms with Gasteiger partial charge in [-0.1, -0.05) is 36.1 Å². The molecule has 2 aliphatic rings. The van der Waals surface area contributed by atoms with Crippen LogP contribution in [0, 0.1) is 0 Å². The number of fused-ring (bicyclic) bond motifs is 1. The Morgan fingerprint density at radius 3 is 2.72 bits per heavy atom. The number of thiocarbonyl (C=S) groups is 1. The summed E-state index contributed by atoms with van der Waals surface area (Å²) >= 11 is 6.56. The maximum atomic E-state index is 12.3. The van der Waals surface area contributed by atoms with E-state index in [9.17, 15) is 4.79 Å². The number of nitrogens with zero attached hydrogens (tertiary/aromatic N) is 2. The van der Waals surface area contributed by atoms with Gasteiger partial charge in [0.05, 0.1) is 0 Å². The summed E-state index contributed by atoms with van der Waals surface area (Å²) in [5, 5.41) is 0. The number of thioether (sulfide) groups is 1. The Morgan fingerprint density at radius 2 is 2.04 bits per heavy atom. The van der Waals surface area contributed by atoms with E-state index in [0.29, 0.717) is 15.8 Å². The van der Waals surface area contributed by atoms with Gasteiger partial charge >= 0.3 is 0 Å². The number of carbonyl (C=O) groups excluding carboxylic acids is 1. The highest BCUT2D eigenvalue weighted by atomic mass is 32.2. The van der Waals surface area contributed by atoms with Crippen LogP contribution in [0.1, 0.15) is 26.3 Å². The monoisotopic (exact) mass is 368 g/mol. The van der Waals surface area contributed by atoms with E-state index in [1.54, 1.807) is 4.90 Å². The van der Waals surface area contributed by atoms with Crippen LogP contribution in [-0.4, -0.2) is 28.2 Å². The Labute approximate surface area is 158 Å². The molecule has 0 unspecified atom stereocenters. The van der Waals surface area contributed by atoms with Crippen LogP contribution in [0.3, 0.4) is 0 Å². The van der Waals surface area contributed by atoms with Crippen LogP contribution in [-0.2, 0) is 4.79 Å². The molecule has 1 fully saturated rings. The lowest BCUT2D eigenvalue weighted by atomic mass is 9.96. The lowest BCUT2D eigenvalue weighted by molar-refractivity contribution is -0.122. The summed E-state index contributed by atoms with van der Waals surface area (Å²) in [6.07, 6.45) is 6.11. The van der Waals surface area contributed by atoms with Crippen molar-refractivity contribution in [2.45, 2.75) is 20.8 Å². The van der Waals surface area contributed by atoms with Gasteiger partial charge in [0.2, 0.25) is 0 Å². The highest BCUT2D eigenvalue weighted by molar-refractivity contribution is 8.26. The van der Waals surface area contributed by atoms with Crippen LogP contribution < -0.4 is 4.90 Å². The molecule has 0 spiro atoms. The molecule has 0 saturated carbocycles. The van der Waals surface area contributed by atoms with Gasteiger partial charge in [-0.2, -0.15) is 0 Å². The summed E-state index contributed by atoms with van der Waals surface area (Å²) in [7, 11) is 0. The molecule has 1 aromatic carbocycles. The van der Waals surface area contributed by atoms with Crippen molar-refractivity contribution in [2.24, 2.45) is 0 Å². The molecule has 1 amide bonds.